The zero-order chi connectivity index (χ0) is 78.8. The molecule has 110 heavy (non-hydrogen) atoms. The van der Waals surface area contributed by atoms with Gasteiger partial charge in [-0.25, -0.2) is 4.79 Å². The van der Waals surface area contributed by atoms with Gasteiger partial charge in [0, 0.05) is 43.1 Å². The number of halogens is 2. The van der Waals surface area contributed by atoms with Crippen molar-refractivity contribution in [1.82, 2.24) is 20.4 Å². The molecule has 2 aliphatic heterocycles. The van der Waals surface area contributed by atoms with Crippen LogP contribution in [0.4, 0.5) is 0 Å². The van der Waals surface area contributed by atoms with Crippen LogP contribution < -0.4 is 29.6 Å². The number of amides is 6. The van der Waals surface area contributed by atoms with Crippen LogP contribution in [0.15, 0.2) is 194 Å². The van der Waals surface area contributed by atoms with Crippen molar-refractivity contribution < 1.29 is 66.8 Å². The van der Waals surface area contributed by atoms with E-state index < -0.39 is 64.8 Å². The molecule has 2 aliphatic rings. The molecule has 13 rings (SSSR count). The topological polar surface area (TPSA) is 222 Å². The van der Waals surface area contributed by atoms with Gasteiger partial charge in [0.15, 0.2) is 0 Å². The van der Waals surface area contributed by atoms with Gasteiger partial charge >= 0.3 is 11.9 Å². The number of nitrogens with zero attached hydrogens (tertiary/aromatic N) is 2. The van der Waals surface area contributed by atoms with Crippen molar-refractivity contribution in [1.29, 1.82) is 0 Å². The lowest BCUT2D eigenvalue weighted by atomic mass is 9.80. The summed E-state index contributed by atoms with van der Waals surface area (Å²) in [6.07, 6.45) is 0. The fourth-order valence-corrected chi connectivity index (χ4v) is 14.2. The molecule has 3 atom stereocenters. The van der Waals surface area contributed by atoms with Crippen molar-refractivity contribution >= 4 is 114 Å². The quantitative estimate of drug-likeness (QED) is 0.0123. The van der Waals surface area contributed by atoms with Crippen LogP contribution >= 0.6 is 23.2 Å². The Bertz CT molecular complexity index is 5090. The van der Waals surface area contributed by atoms with Crippen LogP contribution in [0.5, 0.6) is 46.0 Å². The van der Waals surface area contributed by atoms with Crippen molar-refractivity contribution in [3.63, 3.8) is 0 Å². The third kappa shape index (κ3) is 14.9. The molecule has 2 heterocycles. The summed E-state index contributed by atoms with van der Waals surface area (Å²) in [5.41, 5.74) is 2.86. The Kier molecular flexibility index (Phi) is 20.7. The first-order chi connectivity index (χ1) is 52.1. The van der Waals surface area contributed by atoms with Crippen molar-refractivity contribution in [2.75, 3.05) is 26.3 Å². The van der Waals surface area contributed by atoms with Gasteiger partial charge in [0.1, 0.15) is 81.7 Å². The van der Waals surface area contributed by atoms with Gasteiger partial charge in [-0.1, -0.05) is 210 Å². The van der Waals surface area contributed by atoms with E-state index >= 15 is 28.8 Å². The second kappa shape index (κ2) is 29.8. The van der Waals surface area contributed by atoms with E-state index in [-0.39, 0.29) is 152 Å². The van der Waals surface area contributed by atoms with Crippen molar-refractivity contribution in [2.24, 2.45) is 0 Å². The molecular formula is C90H84Cl2N4O14. The zero-order valence-corrected chi connectivity index (χ0v) is 65.0. The minimum atomic E-state index is -1.66. The second-order valence-corrected chi connectivity index (χ2v) is 32.8. The van der Waals surface area contributed by atoms with E-state index in [9.17, 15) is 9.59 Å². The van der Waals surface area contributed by atoms with E-state index in [1.165, 1.54) is 31.2 Å². The summed E-state index contributed by atoms with van der Waals surface area (Å²) < 4.78 is 39.9. The lowest BCUT2D eigenvalue weighted by molar-refractivity contribution is -0.143. The van der Waals surface area contributed by atoms with Crippen molar-refractivity contribution in [2.45, 2.75) is 129 Å². The number of hydrogen-bond acceptors (Lipinski definition) is 14. The number of benzene rings is 11. The van der Waals surface area contributed by atoms with Gasteiger partial charge in [-0.05, 0) is 135 Å². The molecule has 0 bridgehead atoms. The Labute approximate surface area is 647 Å². The molecule has 18 nitrogen and oxygen atoms in total. The highest BCUT2D eigenvalue weighted by Crippen LogP contribution is 2.59. The van der Waals surface area contributed by atoms with Gasteiger partial charge in [0.25, 0.3) is 23.6 Å². The van der Waals surface area contributed by atoms with Crippen LogP contribution in [0.3, 0.4) is 0 Å². The number of hydrogen-bond donors (Lipinski definition) is 2. The van der Waals surface area contributed by atoms with Crippen LogP contribution in [-0.2, 0) is 50.3 Å². The summed E-state index contributed by atoms with van der Waals surface area (Å²) in [5, 5.41) is 5.76. The summed E-state index contributed by atoms with van der Waals surface area (Å²) in [6, 6.07) is 49.4. The van der Waals surface area contributed by atoms with Crippen molar-refractivity contribution in [3.8, 4) is 46.0 Å². The van der Waals surface area contributed by atoms with Gasteiger partial charge < -0.3 is 39.1 Å². The fraction of sp³-hybridized carbons (Fsp3) is 0.267. The van der Waals surface area contributed by atoms with E-state index in [0.717, 1.165) is 32.1 Å². The second-order valence-electron chi connectivity index (χ2n) is 31.7. The zero-order valence-electron chi connectivity index (χ0n) is 63.5. The average molecular weight is 1520 g/mol. The molecule has 3 unspecified atom stereocenters. The summed E-state index contributed by atoms with van der Waals surface area (Å²) >= 11 is 11.9. The molecular weight excluding hydrogens is 1430 g/mol. The number of carbonyl (C=O) groups excluding carboxylic acids is 8. The summed E-state index contributed by atoms with van der Waals surface area (Å²) in [6.45, 7) is 28.8. The molecule has 11 aromatic rings. The Balaban J connectivity index is 1.18. The number of carbonyl (C=O) groups is 8. The minimum Gasteiger partial charge on any atom is -0.463 e. The van der Waals surface area contributed by atoms with Crippen LogP contribution in [0, 0.1) is 0 Å². The lowest BCUT2D eigenvalue weighted by Gasteiger charge is -2.36. The van der Waals surface area contributed by atoms with E-state index in [1.807, 2.05) is 48.5 Å². The molecule has 0 aliphatic carbocycles. The molecule has 0 fully saturated rings. The molecule has 0 spiro atoms. The molecule has 6 amide bonds. The largest absolute Gasteiger partial charge is 0.463 e. The highest BCUT2D eigenvalue weighted by molar-refractivity contribution is 6.45. The predicted molar refractivity (Wildman–Crippen MR) is 426 cm³/mol. The summed E-state index contributed by atoms with van der Waals surface area (Å²) in [7, 11) is 0. The normalized spacial score (nSPS) is 14.0. The van der Waals surface area contributed by atoms with Crippen LogP contribution in [0.2, 0.25) is 0 Å². The number of nitrogens with one attached hydrogen (secondary N) is 2. The van der Waals surface area contributed by atoms with Crippen LogP contribution in [-0.4, -0.2) is 88.9 Å². The number of rotatable bonds is 22. The van der Waals surface area contributed by atoms with Crippen molar-refractivity contribution in [3.05, 3.63) is 249 Å². The maximum absolute atomic E-state index is 16.6. The molecule has 562 valence electrons. The number of esters is 2. The molecule has 11 aromatic carbocycles. The highest BCUT2D eigenvalue weighted by Gasteiger charge is 2.47. The van der Waals surface area contributed by atoms with Gasteiger partial charge in [-0.2, -0.15) is 0 Å². The lowest BCUT2D eigenvalue weighted by Crippen LogP contribution is -2.49. The van der Waals surface area contributed by atoms with E-state index in [4.69, 9.17) is 51.6 Å². The molecule has 0 radical (unpaired) electrons. The Morgan fingerprint density at radius 1 is 0.391 bits per heavy atom. The maximum atomic E-state index is 16.6. The monoisotopic (exact) mass is 1510 g/mol. The average Bonchev–Trinajstić information content (AvgIpc) is 0.669. The van der Waals surface area contributed by atoms with Crippen LogP contribution in [0.25, 0.3) is 43.1 Å². The Hall–Kier alpha value is -11.6. The number of fused-ring (bicyclic) bond motifs is 2. The number of alkyl halides is 1. The van der Waals surface area contributed by atoms with E-state index in [2.05, 4.69) is 100 Å². The highest BCUT2D eigenvalue weighted by atomic mass is 35.5. The Morgan fingerprint density at radius 2 is 0.655 bits per heavy atom. The SMILES string of the molecule is C=C(Cl)C(=O)OCCNC(=O)C(c1ccccc1)N1C(=O)c2cc(Oc3ccc(C(C)(C)C)cc3)c3c4c(Oc5ccc(C(C)(C)C)cc5)cc5c6c(cc(Oc7ccc(C(C)(C)C)cc7)c(c7c(Oc8ccc(C(C)(C)C)cc8)cc(c2c37)C1=O)c64)C(=O)N(C(C(=O)NCCOC(=O)C(C)Cl)c1ccccc1)C5=O. The van der Waals surface area contributed by atoms with E-state index in [1.54, 1.807) is 109 Å². The maximum Gasteiger partial charge on any atom is 0.349 e. The third-order valence-corrected chi connectivity index (χ3v) is 20.2. The summed E-state index contributed by atoms with van der Waals surface area (Å²) in [4.78, 5) is 123. The smallest absolute Gasteiger partial charge is 0.349 e. The van der Waals surface area contributed by atoms with Gasteiger partial charge in [0.05, 0.1) is 35.3 Å². The Morgan fingerprint density at radius 3 is 0.900 bits per heavy atom. The fourth-order valence-electron chi connectivity index (χ4n) is 14.1. The standard InChI is InChI=1S/C90H84Cl2N4O14/c1-49(91)85(103)105-43-41-93-79(97)77(51-21-17-15-18-22-51)95-81(99)61-45-65(107-57-33-25-53(26-34-57)87(3,4)5)71-73-67(109-59-37-29-55(30-38-59)89(9,10)11)47-63-70-64(84(102)96(83(63)101)78(52-23-19-16-20-24-52)80(98)94-42-44-106-86(104)50(2)92)48-68(110-60-39-31-56(32-40-60)90(12,13)14)74(76(70)73)72-66(46-62(82(95)100)69(61)75(71)72)108-58-35-27-54(28-36-58)88(6,7)8/h15-40,45-48,50,77-78H,1,41-44H2,2-14H3,(H,93,97)(H,94,98). The third-order valence-electron chi connectivity index (χ3n) is 19.8. The summed E-state index contributed by atoms with van der Waals surface area (Å²) in [5.74, 6) is -5.54. The first-order valence-electron chi connectivity index (χ1n) is 36.3. The predicted octanol–water partition coefficient (Wildman–Crippen LogP) is 19.5. The number of imide groups is 2. The van der Waals surface area contributed by atoms with Crippen LogP contribution in [0.1, 0.15) is 177 Å². The first kappa shape index (κ1) is 76.6. The molecule has 0 aromatic heterocycles. The first-order valence-corrected chi connectivity index (χ1v) is 37.1. The van der Waals surface area contributed by atoms with Gasteiger partial charge in [-0.3, -0.25) is 43.4 Å². The number of ether oxygens (including phenoxy) is 6. The van der Waals surface area contributed by atoms with Gasteiger partial charge in [0.2, 0.25) is 11.8 Å². The minimum absolute atomic E-state index is 0.0163. The molecule has 20 heteroatoms. The molecule has 2 N–H and O–H groups in total. The van der Waals surface area contributed by atoms with E-state index in [0.29, 0.717) is 23.0 Å². The molecule has 0 saturated carbocycles. The molecule has 0 saturated heterocycles. The van der Waals surface area contributed by atoms with Gasteiger partial charge in [-0.15, -0.1) is 11.6 Å².